The molecule has 0 spiro atoms. The summed E-state index contributed by atoms with van der Waals surface area (Å²) in [6, 6.07) is 15.2. The summed E-state index contributed by atoms with van der Waals surface area (Å²) in [5.41, 5.74) is 2.59. The van der Waals surface area contributed by atoms with Gasteiger partial charge in [-0.05, 0) is 42.5 Å². The zero-order valence-electron chi connectivity index (χ0n) is 19.2. The molecule has 3 atom stereocenters. The second-order valence-corrected chi connectivity index (χ2v) is 9.73. The summed E-state index contributed by atoms with van der Waals surface area (Å²) in [4.78, 5) is 15.7. The fourth-order valence-electron chi connectivity index (χ4n) is 5.20. The summed E-state index contributed by atoms with van der Waals surface area (Å²) in [6.45, 7) is 7.14. The monoisotopic (exact) mass is 450 g/mol. The van der Waals surface area contributed by atoms with Gasteiger partial charge in [0, 0.05) is 36.6 Å². The summed E-state index contributed by atoms with van der Waals surface area (Å²) in [7, 11) is 0. The number of hydrogen-bond donors (Lipinski definition) is 1. The van der Waals surface area contributed by atoms with Crippen LogP contribution in [-0.2, 0) is 17.8 Å². The van der Waals surface area contributed by atoms with Crippen molar-refractivity contribution in [1.29, 1.82) is 0 Å². The van der Waals surface area contributed by atoms with E-state index in [1.54, 1.807) is 0 Å². The Labute approximate surface area is 193 Å². The Balaban J connectivity index is 1.30. The SMILES string of the molecule is CC(C)Cn1nc(C(=O)N[C@H]2C[C@H]3COC[C@@H](C2)N3Cc2ccc(F)cc2)c2ccccc21. The van der Waals surface area contributed by atoms with Crippen LogP contribution in [0.4, 0.5) is 4.39 Å². The van der Waals surface area contributed by atoms with E-state index in [1.807, 2.05) is 41.1 Å². The van der Waals surface area contributed by atoms with Crippen LogP contribution < -0.4 is 5.32 Å². The van der Waals surface area contributed by atoms with Crippen LogP contribution in [0.5, 0.6) is 0 Å². The molecule has 1 aromatic heterocycles. The van der Waals surface area contributed by atoms with Gasteiger partial charge in [0.25, 0.3) is 5.91 Å². The fourth-order valence-corrected chi connectivity index (χ4v) is 5.20. The van der Waals surface area contributed by atoms with Gasteiger partial charge in [0.2, 0.25) is 0 Å². The van der Waals surface area contributed by atoms with Gasteiger partial charge in [-0.2, -0.15) is 5.10 Å². The van der Waals surface area contributed by atoms with Crippen molar-refractivity contribution in [3.8, 4) is 0 Å². The molecule has 0 saturated carbocycles. The number of fused-ring (bicyclic) bond motifs is 3. The molecule has 1 N–H and O–H groups in total. The molecule has 6 nitrogen and oxygen atoms in total. The molecule has 2 bridgehead atoms. The maximum atomic E-state index is 13.3. The third-order valence-electron chi connectivity index (χ3n) is 6.70. The molecule has 7 heteroatoms. The number of nitrogens with zero attached hydrogens (tertiary/aromatic N) is 3. The highest BCUT2D eigenvalue weighted by atomic mass is 19.1. The molecular formula is C26H31FN4O2. The Hall–Kier alpha value is -2.77. The molecule has 0 aliphatic carbocycles. The molecule has 2 fully saturated rings. The Morgan fingerprint density at radius 3 is 2.52 bits per heavy atom. The molecule has 5 rings (SSSR count). The van der Waals surface area contributed by atoms with Gasteiger partial charge in [-0.15, -0.1) is 0 Å². The number of aromatic nitrogens is 2. The molecule has 174 valence electrons. The lowest BCUT2D eigenvalue weighted by atomic mass is 9.89. The van der Waals surface area contributed by atoms with Crippen LogP contribution in [0, 0.1) is 11.7 Å². The van der Waals surface area contributed by atoms with Gasteiger partial charge >= 0.3 is 0 Å². The van der Waals surface area contributed by atoms with Crippen molar-refractivity contribution >= 4 is 16.8 Å². The second-order valence-electron chi connectivity index (χ2n) is 9.73. The Kier molecular flexibility index (Phi) is 6.17. The quantitative estimate of drug-likeness (QED) is 0.617. The van der Waals surface area contributed by atoms with Crippen LogP contribution in [0.3, 0.4) is 0 Å². The first-order valence-corrected chi connectivity index (χ1v) is 11.8. The lowest BCUT2D eigenvalue weighted by molar-refractivity contribution is -0.0843. The summed E-state index contributed by atoms with van der Waals surface area (Å²) in [6.07, 6.45) is 1.65. The summed E-state index contributed by atoms with van der Waals surface area (Å²) < 4.78 is 21.1. The maximum absolute atomic E-state index is 13.3. The molecule has 3 heterocycles. The maximum Gasteiger partial charge on any atom is 0.272 e. The Morgan fingerprint density at radius 1 is 1.12 bits per heavy atom. The second kappa shape index (κ2) is 9.23. The van der Waals surface area contributed by atoms with E-state index in [0.29, 0.717) is 24.8 Å². The van der Waals surface area contributed by atoms with Crippen molar-refractivity contribution in [3.05, 3.63) is 65.6 Å². The molecule has 33 heavy (non-hydrogen) atoms. The van der Waals surface area contributed by atoms with Gasteiger partial charge in [-0.3, -0.25) is 14.4 Å². The van der Waals surface area contributed by atoms with Crippen molar-refractivity contribution in [2.75, 3.05) is 13.2 Å². The highest BCUT2D eigenvalue weighted by Crippen LogP contribution is 2.30. The number of nitrogens with one attached hydrogen (secondary N) is 1. The van der Waals surface area contributed by atoms with Crippen LogP contribution in [0.2, 0.25) is 0 Å². The summed E-state index contributed by atoms with van der Waals surface area (Å²) >= 11 is 0. The molecule has 0 unspecified atom stereocenters. The van der Waals surface area contributed by atoms with Crippen LogP contribution in [-0.4, -0.2) is 51.9 Å². The lowest BCUT2D eigenvalue weighted by Crippen LogP contribution is -2.60. The molecule has 2 aliphatic heterocycles. The van der Waals surface area contributed by atoms with Crippen molar-refractivity contribution in [2.24, 2.45) is 5.92 Å². The van der Waals surface area contributed by atoms with Crippen LogP contribution >= 0.6 is 0 Å². The van der Waals surface area contributed by atoms with Gasteiger partial charge in [-0.25, -0.2) is 4.39 Å². The predicted octanol–water partition coefficient (Wildman–Crippen LogP) is 3.99. The number of ether oxygens (including phenoxy) is 1. The first-order chi connectivity index (χ1) is 16.0. The predicted molar refractivity (Wildman–Crippen MR) is 125 cm³/mol. The average Bonchev–Trinajstić information content (AvgIpc) is 3.14. The van der Waals surface area contributed by atoms with E-state index in [4.69, 9.17) is 4.74 Å². The van der Waals surface area contributed by atoms with E-state index >= 15 is 0 Å². The van der Waals surface area contributed by atoms with Gasteiger partial charge in [-0.1, -0.05) is 44.2 Å². The Bertz CT molecular complexity index is 1110. The van der Waals surface area contributed by atoms with Gasteiger partial charge in [0.1, 0.15) is 5.82 Å². The van der Waals surface area contributed by atoms with Crippen LogP contribution in [0.15, 0.2) is 48.5 Å². The number of piperidine rings is 1. The van der Waals surface area contributed by atoms with E-state index in [9.17, 15) is 9.18 Å². The number of carbonyl (C=O) groups excluding carboxylic acids is 1. The minimum atomic E-state index is -0.216. The fraction of sp³-hybridized carbons (Fsp3) is 0.462. The van der Waals surface area contributed by atoms with E-state index < -0.39 is 0 Å². The first-order valence-electron chi connectivity index (χ1n) is 11.8. The minimum Gasteiger partial charge on any atom is -0.378 e. The third-order valence-corrected chi connectivity index (χ3v) is 6.70. The molecule has 2 aromatic carbocycles. The largest absolute Gasteiger partial charge is 0.378 e. The van der Waals surface area contributed by atoms with E-state index in [1.165, 1.54) is 12.1 Å². The zero-order valence-corrected chi connectivity index (χ0v) is 19.2. The summed E-state index contributed by atoms with van der Waals surface area (Å²) in [5, 5.41) is 8.85. The van der Waals surface area contributed by atoms with Crippen molar-refractivity contribution in [3.63, 3.8) is 0 Å². The number of amides is 1. The Morgan fingerprint density at radius 2 is 1.82 bits per heavy atom. The molecule has 3 aromatic rings. The molecule has 0 radical (unpaired) electrons. The van der Waals surface area contributed by atoms with Gasteiger partial charge in [0.15, 0.2) is 5.69 Å². The number of para-hydroxylation sites is 1. The standard InChI is InChI=1S/C26H31FN4O2/c1-17(2)13-31-24-6-4-3-5-23(24)25(29-31)26(32)28-20-11-21-15-33-16-22(12-20)30(21)14-18-7-9-19(27)10-8-18/h3-10,17,20-22H,11-16H2,1-2H3,(H,28,32)/t20-,21-,22+. The van der Waals surface area contributed by atoms with Crippen LogP contribution in [0.25, 0.3) is 10.9 Å². The highest BCUT2D eigenvalue weighted by molar-refractivity contribution is 6.05. The van der Waals surface area contributed by atoms with Crippen LogP contribution in [0.1, 0.15) is 42.7 Å². The number of rotatable bonds is 6. The first kappa shape index (κ1) is 22.0. The zero-order chi connectivity index (χ0) is 22.9. The molecule has 1 amide bonds. The van der Waals surface area contributed by atoms with Gasteiger partial charge in [0.05, 0.1) is 18.7 Å². The van der Waals surface area contributed by atoms with Gasteiger partial charge < -0.3 is 10.1 Å². The van der Waals surface area contributed by atoms with E-state index in [0.717, 1.165) is 42.4 Å². The van der Waals surface area contributed by atoms with Crippen molar-refractivity contribution < 1.29 is 13.9 Å². The van der Waals surface area contributed by atoms with E-state index in [-0.39, 0.29) is 29.8 Å². The smallest absolute Gasteiger partial charge is 0.272 e. The lowest BCUT2D eigenvalue weighted by Gasteiger charge is -2.48. The molecule has 2 saturated heterocycles. The number of hydrogen-bond acceptors (Lipinski definition) is 4. The number of benzene rings is 2. The minimum absolute atomic E-state index is 0.0786. The van der Waals surface area contributed by atoms with E-state index in [2.05, 4.69) is 29.2 Å². The molecule has 2 aliphatic rings. The summed E-state index contributed by atoms with van der Waals surface area (Å²) in [5.74, 6) is 0.116. The van der Waals surface area contributed by atoms with Crippen molar-refractivity contribution in [1.82, 2.24) is 20.0 Å². The normalized spacial score (nSPS) is 23.2. The number of halogens is 1. The third kappa shape index (κ3) is 4.66. The topological polar surface area (TPSA) is 59.4 Å². The average molecular weight is 451 g/mol. The van der Waals surface area contributed by atoms with Crippen molar-refractivity contribution in [2.45, 2.75) is 57.9 Å². The number of morpholine rings is 1. The highest BCUT2D eigenvalue weighted by Gasteiger charge is 2.39. The molecular weight excluding hydrogens is 419 g/mol. The number of carbonyl (C=O) groups is 1.